The summed E-state index contributed by atoms with van der Waals surface area (Å²) in [6.45, 7) is 4.06. The van der Waals surface area contributed by atoms with Crippen molar-refractivity contribution in [1.29, 1.82) is 0 Å². The molecule has 0 amide bonds. The maximum atomic E-state index is 12.7. The van der Waals surface area contributed by atoms with E-state index in [0.717, 1.165) is 0 Å². The lowest BCUT2D eigenvalue weighted by Gasteiger charge is -2.39. The van der Waals surface area contributed by atoms with Gasteiger partial charge >= 0.3 is 0 Å². The highest BCUT2D eigenvalue weighted by atomic mass is 16.1. The Hall–Kier alpha value is -1.93. The first-order valence-electron chi connectivity index (χ1n) is 7.58. The molecule has 2 aromatic rings. The number of hydrogen-bond acceptors (Lipinski definition) is 2. The summed E-state index contributed by atoms with van der Waals surface area (Å²) in [6.07, 6.45) is 0. The summed E-state index contributed by atoms with van der Waals surface area (Å²) >= 11 is 0. The summed E-state index contributed by atoms with van der Waals surface area (Å²) in [5.74, 6) is 0.348. The first-order chi connectivity index (χ1) is 10.2. The van der Waals surface area contributed by atoms with Gasteiger partial charge in [-0.3, -0.25) is 4.79 Å². The van der Waals surface area contributed by atoms with Crippen molar-refractivity contribution < 1.29 is 4.79 Å². The lowest BCUT2D eigenvalue weighted by Crippen LogP contribution is -2.46. The monoisotopic (exact) mass is 279 g/mol. The van der Waals surface area contributed by atoms with Crippen LogP contribution in [0.3, 0.4) is 0 Å². The first-order valence-corrected chi connectivity index (χ1v) is 7.58. The predicted octanol–water partition coefficient (Wildman–Crippen LogP) is 3.91. The second-order valence-electron chi connectivity index (χ2n) is 5.92. The number of Topliss-reactive ketones (excluding diaryl/α,β-unsaturated/α-hetero) is 1. The van der Waals surface area contributed by atoms with E-state index in [9.17, 15) is 4.79 Å². The van der Waals surface area contributed by atoms with Gasteiger partial charge < -0.3 is 5.32 Å². The number of nitrogens with one attached hydrogen (secondary N) is 1. The van der Waals surface area contributed by atoms with E-state index in [-0.39, 0.29) is 23.9 Å². The molecule has 2 aromatic carbocycles. The topological polar surface area (TPSA) is 29.1 Å². The minimum absolute atomic E-state index is 0.00219. The van der Waals surface area contributed by atoms with Crippen molar-refractivity contribution in [2.75, 3.05) is 0 Å². The number of hydrogen-bond donors (Lipinski definition) is 1. The number of piperidine rings is 1. The van der Waals surface area contributed by atoms with Crippen molar-refractivity contribution in [1.82, 2.24) is 5.32 Å². The molecule has 3 rings (SSSR count). The van der Waals surface area contributed by atoms with E-state index in [1.54, 1.807) is 0 Å². The van der Waals surface area contributed by atoms with Crippen LogP contribution >= 0.6 is 0 Å². The molecule has 0 spiro atoms. The Bertz CT molecular complexity index is 554. The van der Waals surface area contributed by atoms with Gasteiger partial charge in [-0.05, 0) is 11.1 Å². The van der Waals surface area contributed by atoms with Crippen LogP contribution in [-0.2, 0) is 4.79 Å². The van der Waals surface area contributed by atoms with Gasteiger partial charge in [0.1, 0.15) is 5.78 Å². The van der Waals surface area contributed by atoms with Gasteiger partial charge in [0, 0.05) is 23.9 Å². The highest BCUT2D eigenvalue weighted by Crippen LogP contribution is 2.37. The molecule has 1 N–H and O–H groups in total. The van der Waals surface area contributed by atoms with Crippen LogP contribution in [0.2, 0.25) is 0 Å². The number of rotatable bonds is 2. The van der Waals surface area contributed by atoms with Crippen molar-refractivity contribution in [2.24, 2.45) is 11.8 Å². The molecule has 1 heterocycles. The lowest BCUT2D eigenvalue weighted by atomic mass is 9.76. The Labute approximate surface area is 126 Å². The molecule has 4 atom stereocenters. The van der Waals surface area contributed by atoms with Crippen LogP contribution in [0.15, 0.2) is 60.7 Å². The molecule has 0 bridgehead atoms. The van der Waals surface area contributed by atoms with E-state index in [4.69, 9.17) is 0 Å². The summed E-state index contributed by atoms with van der Waals surface area (Å²) < 4.78 is 0. The summed E-state index contributed by atoms with van der Waals surface area (Å²) in [5.41, 5.74) is 2.37. The molecule has 0 saturated carbocycles. The molecule has 1 aliphatic heterocycles. The highest BCUT2D eigenvalue weighted by molar-refractivity contribution is 5.85. The van der Waals surface area contributed by atoms with Crippen molar-refractivity contribution in [3.63, 3.8) is 0 Å². The largest absolute Gasteiger partial charge is 0.302 e. The van der Waals surface area contributed by atoms with Crippen LogP contribution in [-0.4, -0.2) is 5.78 Å². The van der Waals surface area contributed by atoms with Crippen molar-refractivity contribution in [3.8, 4) is 0 Å². The molecule has 0 aromatic heterocycles. The van der Waals surface area contributed by atoms with Crippen molar-refractivity contribution in [3.05, 3.63) is 71.8 Å². The van der Waals surface area contributed by atoms with E-state index in [1.807, 2.05) is 50.2 Å². The summed E-state index contributed by atoms with van der Waals surface area (Å²) in [5, 5.41) is 3.70. The number of carbonyl (C=O) groups excluding carboxylic acids is 1. The molecule has 2 nitrogen and oxygen atoms in total. The zero-order valence-corrected chi connectivity index (χ0v) is 12.5. The number of benzene rings is 2. The molecule has 1 fully saturated rings. The van der Waals surface area contributed by atoms with E-state index >= 15 is 0 Å². The maximum Gasteiger partial charge on any atom is 0.142 e. The van der Waals surface area contributed by atoms with Gasteiger partial charge in [-0.15, -0.1) is 0 Å². The van der Waals surface area contributed by atoms with Crippen LogP contribution in [0.1, 0.15) is 37.1 Å². The van der Waals surface area contributed by atoms with Crippen molar-refractivity contribution >= 4 is 5.78 Å². The minimum atomic E-state index is 0.00219. The Morgan fingerprint density at radius 3 is 1.48 bits per heavy atom. The third-order valence-electron chi connectivity index (χ3n) is 4.57. The second kappa shape index (κ2) is 5.82. The summed E-state index contributed by atoms with van der Waals surface area (Å²) in [7, 11) is 0. The van der Waals surface area contributed by atoms with E-state index in [1.165, 1.54) is 11.1 Å². The van der Waals surface area contributed by atoms with Crippen LogP contribution in [0, 0.1) is 11.8 Å². The molecule has 0 aliphatic carbocycles. The Balaban J connectivity index is 1.95. The van der Waals surface area contributed by atoms with Gasteiger partial charge in [-0.2, -0.15) is 0 Å². The normalized spacial score (nSPS) is 29.3. The highest BCUT2D eigenvalue weighted by Gasteiger charge is 2.39. The molecule has 0 unspecified atom stereocenters. The van der Waals surface area contributed by atoms with Gasteiger partial charge in [0.25, 0.3) is 0 Å². The predicted molar refractivity (Wildman–Crippen MR) is 84.8 cm³/mol. The van der Waals surface area contributed by atoms with Gasteiger partial charge in [-0.25, -0.2) is 0 Å². The van der Waals surface area contributed by atoms with E-state index < -0.39 is 0 Å². The lowest BCUT2D eigenvalue weighted by molar-refractivity contribution is -0.130. The quantitative estimate of drug-likeness (QED) is 0.903. The second-order valence-corrected chi connectivity index (χ2v) is 5.92. The average molecular weight is 279 g/mol. The molecule has 2 heteroatoms. The molecule has 0 radical (unpaired) electrons. The van der Waals surface area contributed by atoms with Gasteiger partial charge in [0.2, 0.25) is 0 Å². The fourth-order valence-corrected chi connectivity index (χ4v) is 3.32. The van der Waals surface area contributed by atoms with Gasteiger partial charge in [0.15, 0.2) is 0 Å². The first kappa shape index (κ1) is 14.0. The Kier molecular flexibility index (Phi) is 3.89. The average Bonchev–Trinajstić information content (AvgIpc) is 2.55. The number of ketones is 1. The van der Waals surface area contributed by atoms with Crippen LogP contribution in [0.5, 0.6) is 0 Å². The molecule has 108 valence electrons. The molecular formula is C19H21NO. The number of carbonyl (C=O) groups is 1. The van der Waals surface area contributed by atoms with Crippen LogP contribution < -0.4 is 5.32 Å². The van der Waals surface area contributed by atoms with E-state index in [0.29, 0.717) is 5.78 Å². The van der Waals surface area contributed by atoms with E-state index in [2.05, 4.69) is 29.6 Å². The molecular weight excluding hydrogens is 258 g/mol. The van der Waals surface area contributed by atoms with Gasteiger partial charge in [-0.1, -0.05) is 74.5 Å². The fourth-order valence-electron chi connectivity index (χ4n) is 3.32. The Morgan fingerprint density at radius 1 is 0.714 bits per heavy atom. The van der Waals surface area contributed by atoms with Crippen LogP contribution in [0.25, 0.3) is 0 Å². The third-order valence-corrected chi connectivity index (χ3v) is 4.57. The molecule has 1 aliphatic rings. The third kappa shape index (κ3) is 2.64. The van der Waals surface area contributed by atoms with Crippen molar-refractivity contribution in [2.45, 2.75) is 25.9 Å². The standard InChI is InChI=1S/C19H21NO/c1-13-17(15-9-5-3-6-10-15)20-18(14(2)19(13)21)16-11-7-4-8-12-16/h3-14,17-18,20H,1-2H3/t13-,14-,17+,18+/m1/s1. The SMILES string of the molecule is C[C@H]1C(=O)[C@H](C)[C@@H](c2ccccc2)N[C@@H]1c1ccccc1. The Morgan fingerprint density at radius 2 is 1.10 bits per heavy atom. The maximum absolute atomic E-state index is 12.7. The van der Waals surface area contributed by atoms with Gasteiger partial charge in [0.05, 0.1) is 0 Å². The zero-order valence-electron chi connectivity index (χ0n) is 12.5. The fraction of sp³-hybridized carbons (Fsp3) is 0.316. The minimum Gasteiger partial charge on any atom is -0.302 e. The molecule has 21 heavy (non-hydrogen) atoms. The molecule has 1 saturated heterocycles. The summed E-state index contributed by atoms with van der Waals surface area (Å²) in [4.78, 5) is 12.7. The smallest absolute Gasteiger partial charge is 0.142 e. The summed E-state index contributed by atoms with van der Waals surface area (Å²) in [6, 6.07) is 20.7. The zero-order chi connectivity index (χ0) is 14.8. The van der Waals surface area contributed by atoms with Crippen LogP contribution in [0.4, 0.5) is 0 Å².